The Bertz CT molecular complexity index is 271. The molecular weight excluding hydrogens is 155 g/mol. The van der Waals surface area contributed by atoms with Crippen molar-refractivity contribution in [2.24, 2.45) is 4.99 Å². The molecule has 0 aliphatic heterocycles. The Morgan fingerprint density at radius 3 is 3.08 bits per heavy atom. The van der Waals surface area contributed by atoms with Crippen molar-refractivity contribution in [1.82, 2.24) is 0 Å². The normalized spacial score (nSPS) is 10.5. The summed E-state index contributed by atoms with van der Waals surface area (Å²) in [4.78, 5) is 3.76. The van der Waals surface area contributed by atoms with E-state index in [-0.39, 0.29) is 0 Å². The van der Waals surface area contributed by atoms with Crippen LogP contribution < -0.4 is 5.32 Å². The van der Waals surface area contributed by atoms with Crippen molar-refractivity contribution in [3.8, 4) is 0 Å². The lowest BCUT2D eigenvalue weighted by molar-refractivity contribution is 0.485. The van der Waals surface area contributed by atoms with Crippen molar-refractivity contribution in [2.45, 2.75) is 6.67 Å². The molecular formula is C9H11FN2. The lowest BCUT2D eigenvalue weighted by atomic mass is 10.2. The highest BCUT2D eigenvalue weighted by Gasteiger charge is 1.92. The summed E-state index contributed by atoms with van der Waals surface area (Å²) in [6.07, 6.45) is 1.57. The molecule has 3 heteroatoms. The number of benzene rings is 1. The topological polar surface area (TPSA) is 24.4 Å². The number of halogens is 1. The summed E-state index contributed by atoms with van der Waals surface area (Å²) in [6.45, 7) is -0.432. The summed E-state index contributed by atoms with van der Waals surface area (Å²) in [7, 11) is 1.67. The molecule has 0 unspecified atom stereocenters. The van der Waals surface area contributed by atoms with Gasteiger partial charge in [0.25, 0.3) is 0 Å². The molecule has 1 N–H and O–H groups in total. The average Bonchev–Trinajstić information content (AvgIpc) is 2.15. The van der Waals surface area contributed by atoms with Gasteiger partial charge in [-0.25, -0.2) is 4.39 Å². The summed E-state index contributed by atoms with van der Waals surface area (Å²) in [5.41, 5.74) is 1.53. The summed E-state index contributed by atoms with van der Waals surface area (Å²) >= 11 is 0. The van der Waals surface area contributed by atoms with Crippen LogP contribution in [0.2, 0.25) is 0 Å². The number of alkyl halides is 1. The van der Waals surface area contributed by atoms with E-state index in [0.29, 0.717) is 5.56 Å². The number of hydrogen-bond acceptors (Lipinski definition) is 1. The van der Waals surface area contributed by atoms with Crippen LogP contribution in [0.4, 0.5) is 10.1 Å². The first-order valence-electron chi connectivity index (χ1n) is 3.69. The highest BCUT2D eigenvalue weighted by atomic mass is 19.1. The Labute approximate surface area is 71.1 Å². The van der Waals surface area contributed by atoms with Gasteiger partial charge in [-0.2, -0.15) is 0 Å². The first kappa shape index (κ1) is 8.71. The van der Waals surface area contributed by atoms with Crippen molar-refractivity contribution < 1.29 is 4.39 Å². The third kappa shape index (κ3) is 2.34. The SMILES string of the molecule is CN=CNc1cccc(CF)c1. The van der Waals surface area contributed by atoms with Gasteiger partial charge in [0, 0.05) is 12.7 Å². The summed E-state index contributed by atoms with van der Waals surface area (Å²) < 4.78 is 12.2. The van der Waals surface area contributed by atoms with Crippen molar-refractivity contribution >= 4 is 12.0 Å². The van der Waals surface area contributed by atoms with Gasteiger partial charge >= 0.3 is 0 Å². The number of rotatable bonds is 3. The number of anilines is 1. The highest BCUT2D eigenvalue weighted by Crippen LogP contribution is 2.10. The Balaban J connectivity index is 2.72. The molecule has 0 aromatic heterocycles. The van der Waals surface area contributed by atoms with Gasteiger partial charge in [-0.3, -0.25) is 4.99 Å². The molecule has 0 spiro atoms. The molecule has 1 rings (SSSR count). The summed E-state index contributed by atoms with van der Waals surface area (Å²) in [5.74, 6) is 0. The monoisotopic (exact) mass is 166 g/mol. The van der Waals surface area contributed by atoms with Crippen LogP contribution in [0, 0.1) is 0 Å². The van der Waals surface area contributed by atoms with Gasteiger partial charge in [-0.1, -0.05) is 12.1 Å². The van der Waals surface area contributed by atoms with E-state index in [1.54, 1.807) is 31.6 Å². The smallest absolute Gasteiger partial charge is 0.115 e. The number of aliphatic imine (C=N–C) groups is 1. The fraction of sp³-hybridized carbons (Fsp3) is 0.222. The highest BCUT2D eigenvalue weighted by molar-refractivity contribution is 5.75. The number of hydrogen-bond donors (Lipinski definition) is 1. The maximum absolute atomic E-state index is 12.2. The van der Waals surface area contributed by atoms with Gasteiger partial charge in [-0.15, -0.1) is 0 Å². The summed E-state index contributed by atoms with van der Waals surface area (Å²) in [6, 6.07) is 7.16. The van der Waals surface area contributed by atoms with Crippen LogP contribution in [0.5, 0.6) is 0 Å². The van der Waals surface area contributed by atoms with Crippen LogP contribution in [0.1, 0.15) is 5.56 Å². The maximum atomic E-state index is 12.2. The van der Waals surface area contributed by atoms with Crippen LogP contribution in [0.25, 0.3) is 0 Å². The second kappa shape index (κ2) is 4.49. The largest absolute Gasteiger partial charge is 0.347 e. The van der Waals surface area contributed by atoms with E-state index >= 15 is 0 Å². The van der Waals surface area contributed by atoms with E-state index in [2.05, 4.69) is 10.3 Å². The van der Waals surface area contributed by atoms with E-state index in [1.807, 2.05) is 6.07 Å². The molecule has 1 aromatic carbocycles. The Morgan fingerprint density at radius 2 is 2.42 bits per heavy atom. The van der Waals surface area contributed by atoms with Crippen LogP contribution in [-0.4, -0.2) is 13.4 Å². The van der Waals surface area contributed by atoms with Crippen LogP contribution >= 0.6 is 0 Å². The molecule has 2 nitrogen and oxygen atoms in total. The van der Waals surface area contributed by atoms with E-state index in [1.165, 1.54) is 0 Å². The first-order valence-corrected chi connectivity index (χ1v) is 3.69. The predicted octanol–water partition coefficient (Wildman–Crippen LogP) is 2.23. The Hall–Kier alpha value is -1.38. The van der Waals surface area contributed by atoms with E-state index < -0.39 is 6.67 Å². The minimum absolute atomic E-state index is 0.432. The minimum Gasteiger partial charge on any atom is -0.347 e. The van der Waals surface area contributed by atoms with Crippen molar-refractivity contribution in [2.75, 3.05) is 12.4 Å². The molecule has 0 atom stereocenters. The number of nitrogens with zero attached hydrogens (tertiary/aromatic N) is 1. The quantitative estimate of drug-likeness (QED) is 0.540. The zero-order valence-electron chi connectivity index (χ0n) is 6.92. The van der Waals surface area contributed by atoms with E-state index in [9.17, 15) is 4.39 Å². The molecule has 0 saturated carbocycles. The third-order valence-electron chi connectivity index (χ3n) is 1.44. The molecule has 0 aliphatic rings. The molecule has 64 valence electrons. The maximum Gasteiger partial charge on any atom is 0.115 e. The van der Waals surface area contributed by atoms with Gasteiger partial charge in [0.1, 0.15) is 6.67 Å². The van der Waals surface area contributed by atoms with Gasteiger partial charge < -0.3 is 5.32 Å². The second-order valence-electron chi connectivity index (χ2n) is 2.37. The van der Waals surface area contributed by atoms with E-state index in [4.69, 9.17) is 0 Å². The zero-order chi connectivity index (χ0) is 8.81. The van der Waals surface area contributed by atoms with Crippen molar-refractivity contribution in [1.29, 1.82) is 0 Å². The fourth-order valence-electron chi connectivity index (χ4n) is 0.883. The van der Waals surface area contributed by atoms with Crippen molar-refractivity contribution in [3.05, 3.63) is 29.8 Å². The zero-order valence-corrected chi connectivity index (χ0v) is 6.92. The van der Waals surface area contributed by atoms with Gasteiger partial charge in [-0.05, 0) is 17.7 Å². The minimum atomic E-state index is -0.432. The summed E-state index contributed by atoms with van der Waals surface area (Å²) in [5, 5.41) is 2.91. The standard InChI is InChI=1S/C9H11FN2/c1-11-7-12-9-4-2-3-8(5-9)6-10/h2-5,7H,6H2,1H3,(H,11,12). The molecule has 0 bridgehead atoms. The average molecular weight is 166 g/mol. The molecule has 0 saturated heterocycles. The molecule has 0 aliphatic carbocycles. The first-order chi connectivity index (χ1) is 5.86. The Kier molecular flexibility index (Phi) is 3.26. The Morgan fingerprint density at radius 1 is 1.58 bits per heavy atom. The lowest BCUT2D eigenvalue weighted by Gasteiger charge is -2.00. The molecule has 12 heavy (non-hydrogen) atoms. The van der Waals surface area contributed by atoms with Crippen LogP contribution in [0.3, 0.4) is 0 Å². The molecule has 0 amide bonds. The molecule has 0 radical (unpaired) electrons. The van der Waals surface area contributed by atoms with E-state index in [0.717, 1.165) is 5.69 Å². The van der Waals surface area contributed by atoms with Gasteiger partial charge in [0.2, 0.25) is 0 Å². The van der Waals surface area contributed by atoms with Gasteiger partial charge in [0.15, 0.2) is 0 Å². The predicted molar refractivity (Wildman–Crippen MR) is 49.3 cm³/mol. The van der Waals surface area contributed by atoms with Gasteiger partial charge in [0.05, 0.1) is 6.34 Å². The molecule has 1 aromatic rings. The van der Waals surface area contributed by atoms with Crippen molar-refractivity contribution in [3.63, 3.8) is 0 Å². The molecule has 0 fully saturated rings. The third-order valence-corrected chi connectivity index (χ3v) is 1.44. The second-order valence-corrected chi connectivity index (χ2v) is 2.37. The lowest BCUT2D eigenvalue weighted by Crippen LogP contribution is -1.94. The van der Waals surface area contributed by atoms with Crippen LogP contribution in [0.15, 0.2) is 29.3 Å². The number of nitrogens with one attached hydrogen (secondary N) is 1. The van der Waals surface area contributed by atoms with Crippen LogP contribution in [-0.2, 0) is 6.67 Å². The fourth-order valence-corrected chi connectivity index (χ4v) is 0.883. The molecule has 0 heterocycles.